The summed E-state index contributed by atoms with van der Waals surface area (Å²) in [6, 6.07) is 15.8. The molecule has 1 fully saturated rings. The molecule has 0 saturated carbocycles. The largest absolute Gasteiger partial charge is 0.357 e. The van der Waals surface area contributed by atoms with E-state index in [1.165, 1.54) is 11.1 Å². The minimum absolute atomic E-state index is 0.115. The zero-order valence-corrected chi connectivity index (χ0v) is 18.5. The molecular weight excluding hydrogens is 390 g/mol. The van der Waals surface area contributed by atoms with Gasteiger partial charge in [-0.2, -0.15) is 0 Å². The third kappa shape index (κ3) is 6.07. The van der Waals surface area contributed by atoms with Gasteiger partial charge in [-0.15, -0.1) is 0 Å². The SMILES string of the molecule is CCNC(=NCc1ccc(C(=O)N2CCNC(=O)C2)cc1)N(C)Cc1ccccc1C. The van der Waals surface area contributed by atoms with E-state index in [2.05, 4.69) is 47.6 Å². The van der Waals surface area contributed by atoms with Crippen molar-refractivity contribution in [3.8, 4) is 0 Å². The molecule has 1 saturated heterocycles. The molecule has 7 nitrogen and oxygen atoms in total. The van der Waals surface area contributed by atoms with Gasteiger partial charge in [-0.3, -0.25) is 9.59 Å². The van der Waals surface area contributed by atoms with Gasteiger partial charge in [-0.25, -0.2) is 4.99 Å². The van der Waals surface area contributed by atoms with Gasteiger partial charge in [0.05, 0.1) is 13.1 Å². The Labute approximate surface area is 184 Å². The molecular formula is C24H31N5O2. The minimum Gasteiger partial charge on any atom is -0.357 e. The highest BCUT2D eigenvalue weighted by molar-refractivity contribution is 5.97. The van der Waals surface area contributed by atoms with Crippen LogP contribution in [-0.2, 0) is 17.9 Å². The number of carbonyl (C=O) groups is 2. The lowest BCUT2D eigenvalue weighted by atomic mass is 10.1. The van der Waals surface area contributed by atoms with Gasteiger partial charge in [0, 0.05) is 38.8 Å². The van der Waals surface area contributed by atoms with E-state index >= 15 is 0 Å². The number of amides is 2. The lowest BCUT2D eigenvalue weighted by molar-refractivity contribution is -0.123. The number of benzene rings is 2. The summed E-state index contributed by atoms with van der Waals surface area (Å²) in [6.07, 6.45) is 0. The Morgan fingerprint density at radius 3 is 2.61 bits per heavy atom. The molecule has 2 aromatic rings. The summed E-state index contributed by atoms with van der Waals surface area (Å²) in [5.74, 6) is 0.609. The van der Waals surface area contributed by atoms with Crippen molar-refractivity contribution in [1.29, 1.82) is 0 Å². The standard InChI is InChI=1S/C24H31N5O2/c1-4-25-24(28(3)16-21-8-6-5-7-18(21)2)27-15-19-9-11-20(12-10-19)23(31)29-14-13-26-22(30)17-29/h5-12H,4,13-17H2,1-3H3,(H,25,27)(H,26,30). The van der Waals surface area contributed by atoms with E-state index in [-0.39, 0.29) is 18.4 Å². The van der Waals surface area contributed by atoms with E-state index in [0.717, 1.165) is 24.6 Å². The van der Waals surface area contributed by atoms with Crippen LogP contribution in [0.3, 0.4) is 0 Å². The van der Waals surface area contributed by atoms with Crippen molar-refractivity contribution >= 4 is 17.8 Å². The van der Waals surface area contributed by atoms with Crippen molar-refractivity contribution in [2.45, 2.75) is 26.9 Å². The average molecular weight is 422 g/mol. The zero-order valence-electron chi connectivity index (χ0n) is 18.5. The molecule has 0 atom stereocenters. The fourth-order valence-electron chi connectivity index (χ4n) is 3.50. The van der Waals surface area contributed by atoms with Crippen LogP contribution in [-0.4, -0.2) is 60.8 Å². The van der Waals surface area contributed by atoms with Gasteiger partial charge < -0.3 is 20.4 Å². The summed E-state index contributed by atoms with van der Waals surface area (Å²) in [5, 5.41) is 6.08. The van der Waals surface area contributed by atoms with Crippen LogP contribution in [0.2, 0.25) is 0 Å². The topological polar surface area (TPSA) is 77.0 Å². The van der Waals surface area contributed by atoms with Gasteiger partial charge in [-0.05, 0) is 42.7 Å². The maximum absolute atomic E-state index is 12.6. The first-order chi connectivity index (χ1) is 15.0. The third-order valence-electron chi connectivity index (χ3n) is 5.30. The summed E-state index contributed by atoms with van der Waals surface area (Å²) < 4.78 is 0. The van der Waals surface area contributed by atoms with Crippen molar-refractivity contribution in [1.82, 2.24) is 20.4 Å². The highest BCUT2D eigenvalue weighted by Crippen LogP contribution is 2.12. The number of nitrogens with zero attached hydrogens (tertiary/aromatic N) is 3. The van der Waals surface area contributed by atoms with Crippen LogP contribution >= 0.6 is 0 Å². The Morgan fingerprint density at radius 2 is 1.94 bits per heavy atom. The number of nitrogens with one attached hydrogen (secondary N) is 2. The Balaban J connectivity index is 1.64. The molecule has 0 bridgehead atoms. The van der Waals surface area contributed by atoms with E-state index < -0.39 is 0 Å². The van der Waals surface area contributed by atoms with Crippen molar-refractivity contribution in [3.63, 3.8) is 0 Å². The molecule has 2 amide bonds. The molecule has 3 rings (SSSR count). The molecule has 2 aromatic carbocycles. The number of rotatable bonds is 6. The summed E-state index contributed by atoms with van der Waals surface area (Å²) in [7, 11) is 2.03. The van der Waals surface area contributed by atoms with Gasteiger partial charge in [0.25, 0.3) is 5.91 Å². The Hall–Kier alpha value is -3.35. The third-order valence-corrected chi connectivity index (χ3v) is 5.30. The average Bonchev–Trinajstić information content (AvgIpc) is 2.78. The van der Waals surface area contributed by atoms with Gasteiger partial charge in [-0.1, -0.05) is 36.4 Å². The second-order valence-electron chi connectivity index (χ2n) is 7.73. The molecule has 1 aliphatic rings. The molecule has 1 aliphatic heterocycles. The molecule has 2 N–H and O–H groups in total. The summed E-state index contributed by atoms with van der Waals surface area (Å²) in [4.78, 5) is 32.6. The number of guanidine groups is 1. The molecule has 31 heavy (non-hydrogen) atoms. The first-order valence-corrected chi connectivity index (χ1v) is 10.7. The van der Waals surface area contributed by atoms with Crippen LogP contribution in [0.4, 0.5) is 0 Å². The first-order valence-electron chi connectivity index (χ1n) is 10.7. The molecule has 164 valence electrons. The van der Waals surface area contributed by atoms with Crippen LogP contribution < -0.4 is 10.6 Å². The van der Waals surface area contributed by atoms with E-state index in [1.807, 2.05) is 37.4 Å². The molecule has 0 spiro atoms. The first kappa shape index (κ1) is 22.3. The van der Waals surface area contributed by atoms with Crippen LogP contribution in [0.5, 0.6) is 0 Å². The van der Waals surface area contributed by atoms with E-state index in [9.17, 15) is 9.59 Å². The lowest BCUT2D eigenvalue weighted by Gasteiger charge is -2.26. The van der Waals surface area contributed by atoms with E-state index in [4.69, 9.17) is 4.99 Å². The van der Waals surface area contributed by atoms with Crippen LogP contribution in [0, 0.1) is 6.92 Å². The Morgan fingerprint density at radius 1 is 1.19 bits per heavy atom. The summed E-state index contributed by atoms with van der Waals surface area (Å²) >= 11 is 0. The van der Waals surface area contributed by atoms with Gasteiger partial charge >= 0.3 is 0 Å². The summed E-state index contributed by atoms with van der Waals surface area (Å²) in [6.45, 7) is 7.40. The molecule has 1 heterocycles. The molecule has 0 aliphatic carbocycles. The maximum atomic E-state index is 12.6. The van der Waals surface area contributed by atoms with Gasteiger partial charge in [0.2, 0.25) is 5.91 Å². The number of aryl methyl sites for hydroxylation is 1. The van der Waals surface area contributed by atoms with Crippen LogP contribution in [0.15, 0.2) is 53.5 Å². The van der Waals surface area contributed by atoms with E-state index in [0.29, 0.717) is 25.2 Å². The molecule has 0 unspecified atom stereocenters. The minimum atomic E-state index is -0.115. The number of carbonyl (C=O) groups excluding carboxylic acids is 2. The lowest BCUT2D eigenvalue weighted by Crippen LogP contribution is -2.49. The monoisotopic (exact) mass is 421 g/mol. The number of aliphatic imine (C=N–C) groups is 1. The van der Waals surface area contributed by atoms with Crippen molar-refractivity contribution in [2.75, 3.05) is 33.2 Å². The number of piperazine rings is 1. The van der Waals surface area contributed by atoms with Crippen molar-refractivity contribution in [3.05, 3.63) is 70.8 Å². The fourth-order valence-corrected chi connectivity index (χ4v) is 3.50. The van der Waals surface area contributed by atoms with Gasteiger partial charge in [0.15, 0.2) is 5.96 Å². The highest BCUT2D eigenvalue weighted by atomic mass is 16.2. The van der Waals surface area contributed by atoms with E-state index in [1.54, 1.807) is 4.90 Å². The second kappa shape index (κ2) is 10.6. The quantitative estimate of drug-likeness (QED) is 0.554. The van der Waals surface area contributed by atoms with Crippen LogP contribution in [0.25, 0.3) is 0 Å². The van der Waals surface area contributed by atoms with Crippen molar-refractivity contribution < 1.29 is 9.59 Å². The number of hydrogen-bond acceptors (Lipinski definition) is 3. The zero-order chi connectivity index (χ0) is 22.2. The molecule has 0 radical (unpaired) electrons. The van der Waals surface area contributed by atoms with Gasteiger partial charge in [0.1, 0.15) is 0 Å². The molecule has 0 aromatic heterocycles. The molecule has 7 heteroatoms. The summed E-state index contributed by atoms with van der Waals surface area (Å²) in [5.41, 5.74) is 4.14. The second-order valence-corrected chi connectivity index (χ2v) is 7.73. The van der Waals surface area contributed by atoms with Crippen molar-refractivity contribution in [2.24, 2.45) is 4.99 Å². The Bertz CT molecular complexity index is 939. The predicted octanol–water partition coefficient (Wildman–Crippen LogP) is 2.16. The smallest absolute Gasteiger partial charge is 0.254 e. The predicted molar refractivity (Wildman–Crippen MR) is 123 cm³/mol. The highest BCUT2D eigenvalue weighted by Gasteiger charge is 2.22. The van der Waals surface area contributed by atoms with Crippen LogP contribution in [0.1, 0.15) is 34.0 Å². The normalized spacial score (nSPS) is 14.2. The Kier molecular flexibility index (Phi) is 7.65. The number of hydrogen-bond donors (Lipinski definition) is 2. The maximum Gasteiger partial charge on any atom is 0.254 e. The fraction of sp³-hybridized carbons (Fsp3) is 0.375.